The Hall–Kier alpha value is 0.450. The van der Waals surface area contributed by atoms with Crippen molar-refractivity contribution in [3.63, 3.8) is 0 Å². The van der Waals surface area contributed by atoms with Gasteiger partial charge < -0.3 is 0 Å². The summed E-state index contributed by atoms with van der Waals surface area (Å²) in [5.41, 5.74) is 0. The summed E-state index contributed by atoms with van der Waals surface area (Å²) in [6.45, 7) is 0. The van der Waals surface area contributed by atoms with Crippen molar-refractivity contribution in [1.29, 1.82) is 5.26 Å². The van der Waals surface area contributed by atoms with Gasteiger partial charge in [0.05, 0.1) is 6.07 Å². The van der Waals surface area contributed by atoms with E-state index in [0.29, 0.717) is 11.2 Å². The van der Waals surface area contributed by atoms with E-state index in [-0.39, 0.29) is 0 Å². The fourth-order valence-corrected chi connectivity index (χ4v) is 2.13. The summed E-state index contributed by atoms with van der Waals surface area (Å²) in [6, 6.07) is 2.17. The second-order valence-electron chi connectivity index (χ2n) is 3.19. The van der Waals surface area contributed by atoms with Crippen LogP contribution in [0.25, 0.3) is 0 Å². The lowest BCUT2D eigenvalue weighted by Crippen LogP contribution is -1.96. The Morgan fingerprint density at radius 2 is 1.77 bits per heavy atom. The molecule has 1 unspecified atom stereocenters. The van der Waals surface area contributed by atoms with Crippen LogP contribution in [0.2, 0.25) is 0 Å². The lowest BCUT2D eigenvalue weighted by atomic mass is 10.1. The van der Waals surface area contributed by atoms with Crippen molar-refractivity contribution < 1.29 is 0 Å². The van der Waals surface area contributed by atoms with Crippen LogP contribution in [0, 0.1) is 11.3 Å². The molecule has 0 rings (SSSR count). The molecule has 13 heavy (non-hydrogen) atoms. The monoisotopic (exact) mass is 309 g/mol. The van der Waals surface area contributed by atoms with Crippen molar-refractivity contribution in [2.75, 3.05) is 5.33 Å². The van der Waals surface area contributed by atoms with E-state index >= 15 is 0 Å². The van der Waals surface area contributed by atoms with Gasteiger partial charge in [-0.2, -0.15) is 5.26 Å². The molecule has 1 nitrogen and oxygen atoms in total. The van der Waals surface area contributed by atoms with Crippen LogP contribution in [0.15, 0.2) is 0 Å². The third kappa shape index (κ3) is 10.4. The Morgan fingerprint density at radius 3 is 2.38 bits per heavy atom. The molecule has 0 heterocycles. The highest BCUT2D eigenvalue weighted by Crippen LogP contribution is 2.16. The van der Waals surface area contributed by atoms with Crippen molar-refractivity contribution in [3.05, 3.63) is 0 Å². The van der Waals surface area contributed by atoms with Crippen molar-refractivity contribution in [1.82, 2.24) is 0 Å². The maximum atomic E-state index is 8.38. The van der Waals surface area contributed by atoms with Crippen LogP contribution in [0.4, 0.5) is 0 Å². The molecule has 0 aliphatic rings. The van der Waals surface area contributed by atoms with E-state index in [4.69, 9.17) is 5.26 Å². The number of rotatable bonds is 8. The number of hydrogen-bond acceptors (Lipinski definition) is 1. The van der Waals surface area contributed by atoms with Crippen molar-refractivity contribution in [3.8, 4) is 6.07 Å². The van der Waals surface area contributed by atoms with Gasteiger partial charge in [0, 0.05) is 16.6 Å². The quantitative estimate of drug-likeness (QED) is 0.481. The van der Waals surface area contributed by atoms with Gasteiger partial charge in [0.2, 0.25) is 0 Å². The molecule has 0 saturated carbocycles. The zero-order valence-electron chi connectivity index (χ0n) is 7.94. The number of halogens is 2. The molecule has 0 aromatic carbocycles. The highest BCUT2D eigenvalue weighted by atomic mass is 79.9. The SMILES string of the molecule is N#CCCC(Br)CCCCCCBr. The number of hydrogen-bond donors (Lipinski definition) is 0. The van der Waals surface area contributed by atoms with Gasteiger partial charge in [-0.1, -0.05) is 51.1 Å². The molecule has 76 valence electrons. The number of nitrogens with zero attached hydrogens (tertiary/aromatic N) is 1. The molecule has 0 fully saturated rings. The van der Waals surface area contributed by atoms with E-state index in [1.807, 2.05) is 0 Å². The molecule has 0 aliphatic heterocycles. The van der Waals surface area contributed by atoms with E-state index in [0.717, 1.165) is 11.8 Å². The lowest BCUT2D eigenvalue weighted by molar-refractivity contribution is 0.609. The second-order valence-corrected chi connectivity index (χ2v) is 5.27. The van der Waals surface area contributed by atoms with Gasteiger partial charge in [0.15, 0.2) is 0 Å². The zero-order chi connectivity index (χ0) is 9.94. The van der Waals surface area contributed by atoms with Crippen LogP contribution in [-0.2, 0) is 0 Å². The molecule has 1 atom stereocenters. The first-order chi connectivity index (χ1) is 6.31. The van der Waals surface area contributed by atoms with Gasteiger partial charge >= 0.3 is 0 Å². The summed E-state index contributed by atoms with van der Waals surface area (Å²) in [5, 5.41) is 9.50. The molecule has 0 amide bonds. The average molecular weight is 311 g/mol. The summed E-state index contributed by atoms with van der Waals surface area (Å²) in [6.07, 6.45) is 8.10. The van der Waals surface area contributed by atoms with Crippen LogP contribution in [-0.4, -0.2) is 10.2 Å². The third-order valence-corrected chi connectivity index (χ3v) is 3.45. The minimum Gasteiger partial charge on any atom is -0.198 e. The first-order valence-corrected chi connectivity index (χ1v) is 6.92. The summed E-state index contributed by atoms with van der Waals surface area (Å²) in [7, 11) is 0. The fourth-order valence-electron chi connectivity index (χ4n) is 1.18. The summed E-state index contributed by atoms with van der Waals surface area (Å²) < 4.78 is 0. The lowest BCUT2D eigenvalue weighted by Gasteiger charge is -2.06. The molecular formula is C10H17Br2N. The third-order valence-electron chi connectivity index (χ3n) is 1.97. The smallest absolute Gasteiger partial charge is 0.0622 e. The summed E-state index contributed by atoms with van der Waals surface area (Å²) in [4.78, 5) is 0.552. The van der Waals surface area contributed by atoms with Crippen LogP contribution in [0.5, 0.6) is 0 Å². The van der Waals surface area contributed by atoms with Gasteiger partial charge in [-0.25, -0.2) is 0 Å². The Balaban J connectivity index is 3.08. The number of unbranched alkanes of at least 4 members (excludes halogenated alkanes) is 3. The molecule has 0 saturated heterocycles. The van der Waals surface area contributed by atoms with Gasteiger partial charge in [-0.3, -0.25) is 0 Å². The molecule has 0 radical (unpaired) electrons. The molecule has 0 bridgehead atoms. The minimum absolute atomic E-state index is 0.552. The van der Waals surface area contributed by atoms with Gasteiger partial charge in [0.1, 0.15) is 0 Å². The predicted molar refractivity (Wildman–Crippen MR) is 64.4 cm³/mol. The van der Waals surface area contributed by atoms with Gasteiger partial charge in [0.25, 0.3) is 0 Å². The molecule has 0 aromatic rings. The fraction of sp³-hybridized carbons (Fsp3) is 0.900. The van der Waals surface area contributed by atoms with Crippen LogP contribution < -0.4 is 0 Å². The standard InChI is InChI=1S/C10H17Br2N/c11-8-4-2-1-3-6-10(12)7-5-9-13/h10H,1-8H2. The average Bonchev–Trinajstić information content (AvgIpc) is 2.14. The Bertz CT molecular complexity index is 142. The Labute approximate surface area is 98.2 Å². The molecule has 0 aliphatic carbocycles. The minimum atomic E-state index is 0.552. The van der Waals surface area contributed by atoms with E-state index in [9.17, 15) is 0 Å². The predicted octanol–water partition coefficient (Wildman–Crippen LogP) is 4.40. The summed E-state index contributed by atoms with van der Waals surface area (Å²) in [5.74, 6) is 0. The maximum Gasteiger partial charge on any atom is 0.0622 e. The first-order valence-electron chi connectivity index (χ1n) is 4.88. The van der Waals surface area contributed by atoms with E-state index < -0.39 is 0 Å². The maximum absolute atomic E-state index is 8.38. The molecule has 0 spiro atoms. The zero-order valence-corrected chi connectivity index (χ0v) is 11.1. The molecular weight excluding hydrogens is 294 g/mol. The normalized spacial score (nSPS) is 12.4. The van der Waals surface area contributed by atoms with Crippen LogP contribution >= 0.6 is 31.9 Å². The number of nitriles is 1. The second kappa shape index (κ2) is 10.5. The molecule has 0 aromatic heterocycles. The highest BCUT2D eigenvalue weighted by molar-refractivity contribution is 9.09. The van der Waals surface area contributed by atoms with Crippen molar-refractivity contribution in [2.24, 2.45) is 0 Å². The highest BCUT2D eigenvalue weighted by Gasteiger charge is 2.02. The summed E-state index contributed by atoms with van der Waals surface area (Å²) >= 11 is 7.01. The topological polar surface area (TPSA) is 23.8 Å². The molecule has 3 heteroatoms. The van der Waals surface area contributed by atoms with E-state index in [2.05, 4.69) is 37.9 Å². The van der Waals surface area contributed by atoms with E-state index in [1.165, 1.54) is 32.1 Å². The van der Waals surface area contributed by atoms with Crippen LogP contribution in [0.3, 0.4) is 0 Å². The first kappa shape index (κ1) is 13.4. The van der Waals surface area contributed by atoms with Gasteiger partial charge in [-0.15, -0.1) is 0 Å². The van der Waals surface area contributed by atoms with Crippen molar-refractivity contribution in [2.45, 2.75) is 49.8 Å². The van der Waals surface area contributed by atoms with E-state index in [1.54, 1.807) is 0 Å². The number of alkyl halides is 2. The van der Waals surface area contributed by atoms with Gasteiger partial charge in [-0.05, 0) is 19.3 Å². The van der Waals surface area contributed by atoms with Crippen LogP contribution in [0.1, 0.15) is 44.9 Å². The Kier molecular flexibility index (Phi) is 10.9. The molecule has 0 N–H and O–H groups in total. The van der Waals surface area contributed by atoms with Crippen molar-refractivity contribution >= 4 is 31.9 Å². The Morgan fingerprint density at radius 1 is 1.08 bits per heavy atom. The largest absolute Gasteiger partial charge is 0.198 e.